The van der Waals surface area contributed by atoms with Crippen LogP contribution < -0.4 is 4.90 Å². The number of carbonyl (C=O) groups is 1. The van der Waals surface area contributed by atoms with Crippen LogP contribution in [0.1, 0.15) is 33.0 Å². The molecule has 1 saturated heterocycles. The van der Waals surface area contributed by atoms with Crippen LogP contribution in [-0.4, -0.2) is 44.2 Å². The standard InChI is InChI=1S/C20H26N2O2S/c1-15-6-11-19(25-15)20(23)22(14-18-5-4-12-24-18)13-16-7-9-17(10-8-16)21(2)3/h6-11,18H,4-5,12-14H2,1-3H3/t18-/m1/s1. The number of ether oxygens (including phenoxy) is 1. The Morgan fingerprint density at radius 1 is 1.20 bits per heavy atom. The molecule has 0 bridgehead atoms. The summed E-state index contributed by atoms with van der Waals surface area (Å²) in [4.78, 5) is 19.0. The predicted molar refractivity (Wildman–Crippen MR) is 104 cm³/mol. The van der Waals surface area contributed by atoms with Crippen LogP contribution in [-0.2, 0) is 11.3 Å². The number of carbonyl (C=O) groups excluding carboxylic acids is 1. The molecule has 1 aliphatic heterocycles. The Balaban J connectivity index is 1.76. The van der Waals surface area contributed by atoms with E-state index in [1.165, 1.54) is 0 Å². The average molecular weight is 359 g/mol. The zero-order chi connectivity index (χ0) is 17.8. The highest BCUT2D eigenvalue weighted by Gasteiger charge is 2.24. The lowest BCUT2D eigenvalue weighted by Crippen LogP contribution is -2.36. The molecule has 1 aliphatic rings. The summed E-state index contributed by atoms with van der Waals surface area (Å²) >= 11 is 1.56. The molecule has 5 heteroatoms. The first-order chi connectivity index (χ1) is 12.0. The van der Waals surface area contributed by atoms with Crippen LogP contribution >= 0.6 is 11.3 Å². The molecule has 0 radical (unpaired) electrons. The van der Waals surface area contributed by atoms with Crippen molar-refractivity contribution in [3.63, 3.8) is 0 Å². The SMILES string of the molecule is Cc1ccc(C(=O)N(Cc2ccc(N(C)C)cc2)C[C@H]2CCCO2)s1. The summed E-state index contributed by atoms with van der Waals surface area (Å²) in [6.45, 7) is 4.11. The molecule has 0 unspecified atom stereocenters. The third kappa shape index (κ3) is 4.61. The maximum atomic E-state index is 13.0. The van der Waals surface area contributed by atoms with E-state index in [9.17, 15) is 4.79 Å². The van der Waals surface area contributed by atoms with E-state index in [0.29, 0.717) is 13.1 Å². The van der Waals surface area contributed by atoms with Crippen molar-refractivity contribution in [2.45, 2.75) is 32.4 Å². The minimum Gasteiger partial charge on any atom is -0.378 e. The monoisotopic (exact) mass is 358 g/mol. The number of aryl methyl sites for hydroxylation is 1. The largest absolute Gasteiger partial charge is 0.378 e. The molecule has 3 rings (SSSR count). The fourth-order valence-electron chi connectivity index (χ4n) is 3.08. The minimum absolute atomic E-state index is 0.102. The highest BCUT2D eigenvalue weighted by atomic mass is 32.1. The topological polar surface area (TPSA) is 32.8 Å². The predicted octanol–water partition coefficient (Wildman–Crippen LogP) is 3.94. The number of benzene rings is 1. The van der Waals surface area contributed by atoms with Crippen LogP contribution in [0.5, 0.6) is 0 Å². The van der Waals surface area contributed by atoms with E-state index in [1.807, 2.05) is 38.1 Å². The smallest absolute Gasteiger partial charge is 0.264 e. The molecule has 134 valence electrons. The summed E-state index contributed by atoms with van der Waals surface area (Å²) in [5, 5.41) is 0. The first kappa shape index (κ1) is 18.0. The Labute approximate surface area is 154 Å². The van der Waals surface area contributed by atoms with Crippen molar-refractivity contribution < 1.29 is 9.53 Å². The molecule has 2 aromatic rings. The quantitative estimate of drug-likeness (QED) is 0.784. The highest BCUT2D eigenvalue weighted by molar-refractivity contribution is 7.13. The van der Waals surface area contributed by atoms with E-state index in [4.69, 9.17) is 4.74 Å². The van der Waals surface area contributed by atoms with E-state index in [0.717, 1.165) is 40.5 Å². The maximum Gasteiger partial charge on any atom is 0.264 e. The van der Waals surface area contributed by atoms with Gasteiger partial charge in [-0.1, -0.05) is 12.1 Å². The van der Waals surface area contributed by atoms with Crippen molar-refractivity contribution in [1.29, 1.82) is 0 Å². The fourth-order valence-corrected chi connectivity index (χ4v) is 3.91. The molecule has 1 aromatic heterocycles. The molecule has 0 spiro atoms. The first-order valence-electron chi connectivity index (χ1n) is 8.76. The van der Waals surface area contributed by atoms with Crippen LogP contribution in [0.25, 0.3) is 0 Å². The van der Waals surface area contributed by atoms with Crippen molar-refractivity contribution in [2.24, 2.45) is 0 Å². The normalized spacial score (nSPS) is 16.8. The lowest BCUT2D eigenvalue weighted by molar-refractivity contribution is 0.0511. The summed E-state index contributed by atoms with van der Waals surface area (Å²) in [6.07, 6.45) is 2.28. The van der Waals surface area contributed by atoms with Gasteiger partial charge >= 0.3 is 0 Å². The number of nitrogens with zero attached hydrogens (tertiary/aromatic N) is 2. The first-order valence-corrected chi connectivity index (χ1v) is 9.58. The second-order valence-corrected chi connectivity index (χ2v) is 8.08. The third-order valence-electron chi connectivity index (χ3n) is 4.51. The van der Waals surface area contributed by atoms with Crippen molar-refractivity contribution in [1.82, 2.24) is 4.90 Å². The number of rotatable bonds is 6. The van der Waals surface area contributed by atoms with Crippen LogP contribution in [0, 0.1) is 6.92 Å². The fraction of sp³-hybridized carbons (Fsp3) is 0.450. The van der Waals surface area contributed by atoms with Gasteiger partial charge in [-0.3, -0.25) is 4.79 Å². The van der Waals surface area contributed by atoms with Gasteiger partial charge in [0.15, 0.2) is 0 Å². The van der Waals surface area contributed by atoms with Crippen LogP contribution in [0.4, 0.5) is 5.69 Å². The van der Waals surface area contributed by atoms with Crippen LogP contribution in [0.15, 0.2) is 36.4 Å². The van der Waals surface area contributed by atoms with Gasteiger partial charge in [0.2, 0.25) is 0 Å². The van der Waals surface area contributed by atoms with Crippen molar-refractivity contribution >= 4 is 22.9 Å². The van der Waals surface area contributed by atoms with Gasteiger partial charge < -0.3 is 14.5 Å². The van der Waals surface area contributed by atoms with Crippen LogP contribution in [0.2, 0.25) is 0 Å². The summed E-state index contributed by atoms with van der Waals surface area (Å²) in [7, 11) is 4.06. The maximum absolute atomic E-state index is 13.0. The van der Waals surface area contributed by atoms with Gasteiger partial charge in [-0.15, -0.1) is 11.3 Å². The van der Waals surface area contributed by atoms with Gasteiger partial charge in [-0.25, -0.2) is 0 Å². The summed E-state index contributed by atoms with van der Waals surface area (Å²) in [5.74, 6) is 0.102. The van der Waals surface area contributed by atoms with E-state index < -0.39 is 0 Å². The third-order valence-corrected chi connectivity index (χ3v) is 5.50. The Bertz CT molecular complexity index is 703. The van der Waals surface area contributed by atoms with Gasteiger partial charge in [0.05, 0.1) is 11.0 Å². The zero-order valence-electron chi connectivity index (χ0n) is 15.2. The Kier molecular flexibility index (Phi) is 5.76. The van der Waals surface area contributed by atoms with E-state index in [2.05, 4.69) is 29.2 Å². The molecule has 1 fully saturated rings. The Morgan fingerprint density at radius 2 is 1.96 bits per heavy atom. The molecular formula is C20H26N2O2S. The number of amides is 1. The molecule has 1 atom stereocenters. The lowest BCUT2D eigenvalue weighted by Gasteiger charge is -2.25. The minimum atomic E-state index is 0.102. The molecular weight excluding hydrogens is 332 g/mol. The molecule has 4 nitrogen and oxygen atoms in total. The van der Waals surface area contributed by atoms with Gasteiger partial charge in [0, 0.05) is 44.4 Å². The second-order valence-electron chi connectivity index (χ2n) is 6.79. The van der Waals surface area contributed by atoms with Crippen molar-refractivity contribution in [3.8, 4) is 0 Å². The van der Waals surface area contributed by atoms with Gasteiger partial charge in [0.25, 0.3) is 5.91 Å². The van der Waals surface area contributed by atoms with Crippen LogP contribution in [0.3, 0.4) is 0 Å². The number of hydrogen-bond donors (Lipinski definition) is 0. The molecule has 0 aliphatic carbocycles. The Hall–Kier alpha value is -1.85. The van der Waals surface area contributed by atoms with Crippen molar-refractivity contribution in [3.05, 3.63) is 51.7 Å². The molecule has 0 saturated carbocycles. The summed E-state index contributed by atoms with van der Waals surface area (Å²) in [6, 6.07) is 12.3. The number of hydrogen-bond acceptors (Lipinski definition) is 4. The molecule has 25 heavy (non-hydrogen) atoms. The molecule has 2 heterocycles. The average Bonchev–Trinajstić information content (AvgIpc) is 3.26. The van der Waals surface area contributed by atoms with Gasteiger partial charge in [0.1, 0.15) is 0 Å². The highest BCUT2D eigenvalue weighted by Crippen LogP contribution is 2.22. The summed E-state index contributed by atoms with van der Waals surface area (Å²) in [5.41, 5.74) is 2.31. The van der Waals surface area contributed by atoms with Crippen molar-refractivity contribution in [2.75, 3.05) is 32.1 Å². The zero-order valence-corrected chi connectivity index (χ0v) is 16.0. The second kappa shape index (κ2) is 8.02. The summed E-state index contributed by atoms with van der Waals surface area (Å²) < 4.78 is 5.77. The molecule has 1 amide bonds. The number of thiophene rings is 1. The van der Waals surface area contributed by atoms with E-state index >= 15 is 0 Å². The van der Waals surface area contributed by atoms with Gasteiger partial charge in [-0.05, 0) is 49.6 Å². The van der Waals surface area contributed by atoms with Gasteiger partial charge in [-0.2, -0.15) is 0 Å². The van der Waals surface area contributed by atoms with E-state index in [1.54, 1.807) is 11.3 Å². The van der Waals surface area contributed by atoms with E-state index in [-0.39, 0.29) is 12.0 Å². The molecule has 0 N–H and O–H groups in total. The number of anilines is 1. The lowest BCUT2D eigenvalue weighted by atomic mass is 10.1. The Morgan fingerprint density at radius 3 is 2.52 bits per heavy atom. The molecule has 1 aromatic carbocycles.